The standard InChI is InChI=1S/C24H23N3O3S.Na/c28-23-21(31-24(29)26-23)14-16-7-10-19(11-8-16)30-15-18-5-3-13-27(18)22-12-9-17-4-1-2-6-20(17)25-22;/h1-2,4,6-12,18,21H,3,5,13-15H2,(H,26,28,29);/q;+1/p-1/t18-,21?;/m0./s1. The summed E-state index contributed by atoms with van der Waals surface area (Å²) in [6.45, 7) is 1.58. The average Bonchev–Trinajstić information content (AvgIpc) is 3.38. The molecule has 0 N–H and O–H groups in total. The van der Waals surface area contributed by atoms with E-state index in [-0.39, 0.29) is 41.5 Å². The molecule has 3 heterocycles. The second-order valence-corrected chi connectivity index (χ2v) is 8.99. The van der Waals surface area contributed by atoms with Gasteiger partial charge in [-0.05, 0) is 55.2 Å². The monoisotopic (exact) mass is 455 g/mol. The number of hydrogen-bond acceptors (Lipinski definition) is 6. The quantitative estimate of drug-likeness (QED) is 0.529. The minimum Gasteiger partial charge on any atom is -0.585 e. The molecule has 2 aliphatic heterocycles. The first-order valence-corrected chi connectivity index (χ1v) is 11.3. The maximum Gasteiger partial charge on any atom is 1.00 e. The van der Waals surface area contributed by atoms with E-state index in [9.17, 15) is 9.59 Å². The number of ether oxygens (including phenoxy) is 1. The van der Waals surface area contributed by atoms with E-state index in [0.29, 0.717) is 13.0 Å². The van der Waals surface area contributed by atoms with Crippen LogP contribution < -0.4 is 39.2 Å². The Kier molecular flexibility index (Phi) is 7.40. The molecular weight excluding hydrogens is 433 g/mol. The molecule has 8 heteroatoms. The number of thioether (sulfide) groups is 1. The van der Waals surface area contributed by atoms with Gasteiger partial charge in [0.1, 0.15) is 23.4 Å². The SMILES string of the molecule is O=C1[N-]C(=O)C(Cc2ccc(OC[C@@H]3CCCN3c3ccc4ccccc4n3)cc2)S1.[Na+]. The van der Waals surface area contributed by atoms with Crippen molar-refractivity contribution in [2.45, 2.75) is 30.6 Å². The van der Waals surface area contributed by atoms with Crippen LogP contribution in [0.25, 0.3) is 16.2 Å². The number of hydrogen-bond donors (Lipinski definition) is 0. The topological polar surface area (TPSA) is 73.6 Å². The van der Waals surface area contributed by atoms with Crippen molar-refractivity contribution in [3.8, 4) is 5.75 Å². The van der Waals surface area contributed by atoms with Crippen LogP contribution in [0.1, 0.15) is 18.4 Å². The first kappa shape index (κ1) is 23.1. The number of imide groups is 1. The van der Waals surface area contributed by atoms with Crippen LogP contribution in [0.2, 0.25) is 0 Å². The second-order valence-electron chi connectivity index (χ2n) is 7.83. The van der Waals surface area contributed by atoms with Gasteiger partial charge in [0.25, 0.3) is 0 Å². The Morgan fingerprint density at radius 2 is 1.88 bits per heavy atom. The minimum absolute atomic E-state index is 0. The van der Waals surface area contributed by atoms with Gasteiger partial charge in [-0.25, -0.2) is 4.98 Å². The molecule has 158 valence electrons. The van der Waals surface area contributed by atoms with Gasteiger partial charge in [-0.1, -0.05) is 42.1 Å². The summed E-state index contributed by atoms with van der Waals surface area (Å²) in [5.41, 5.74) is 2.00. The zero-order valence-electron chi connectivity index (χ0n) is 17.9. The van der Waals surface area contributed by atoms with Crippen molar-refractivity contribution in [1.29, 1.82) is 0 Å². The van der Waals surface area contributed by atoms with Gasteiger partial charge in [-0.15, -0.1) is 0 Å². The van der Waals surface area contributed by atoms with Crippen LogP contribution in [-0.2, 0) is 11.2 Å². The molecule has 3 aromatic rings. The molecule has 2 atom stereocenters. The van der Waals surface area contributed by atoms with Crippen LogP contribution in [0, 0.1) is 0 Å². The minimum atomic E-state index is -0.402. The summed E-state index contributed by atoms with van der Waals surface area (Å²) >= 11 is 1.00. The summed E-state index contributed by atoms with van der Waals surface area (Å²) in [4.78, 5) is 30.1. The fourth-order valence-electron chi connectivity index (χ4n) is 4.14. The summed E-state index contributed by atoms with van der Waals surface area (Å²) in [6.07, 6.45) is 2.70. The van der Waals surface area contributed by atoms with Crippen molar-refractivity contribution in [1.82, 2.24) is 4.98 Å². The normalized spacial score (nSPS) is 20.3. The van der Waals surface area contributed by atoms with Crippen molar-refractivity contribution in [2.75, 3.05) is 18.1 Å². The molecule has 1 aromatic heterocycles. The van der Waals surface area contributed by atoms with Gasteiger partial charge in [0.2, 0.25) is 0 Å². The number of amides is 2. The Labute approximate surface area is 213 Å². The van der Waals surface area contributed by atoms with E-state index in [1.54, 1.807) is 0 Å². The maximum atomic E-state index is 11.7. The van der Waals surface area contributed by atoms with Crippen molar-refractivity contribution < 1.29 is 43.9 Å². The Morgan fingerprint density at radius 1 is 1.06 bits per heavy atom. The Morgan fingerprint density at radius 3 is 2.66 bits per heavy atom. The summed E-state index contributed by atoms with van der Waals surface area (Å²) in [5.74, 6) is 1.46. The van der Waals surface area contributed by atoms with Gasteiger partial charge in [0.15, 0.2) is 0 Å². The Hall–Kier alpha value is -2.06. The third kappa shape index (κ3) is 5.12. The van der Waals surface area contributed by atoms with E-state index < -0.39 is 10.5 Å². The largest absolute Gasteiger partial charge is 1.00 e. The number of carbonyl (C=O) groups excluding carboxylic acids is 2. The van der Waals surface area contributed by atoms with Gasteiger partial charge < -0.3 is 24.5 Å². The van der Waals surface area contributed by atoms with E-state index in [4.69, 9.17) is 9.72 Å². The average molecular weight is 456 g/mol. The zero-order valence-corrected chi connectivity index (χ0v) is 20.8. The first-order chi connectivity index (χ1) is 15.2. The summed E-state index contributed by atoms with van der Waals surface area (Å²) in [7, 11) is 0. The maximum absolute atomic E-state index is 11.7. The smallest absolute Gasteiger partial charge is 0.585 e. The van der Waals surface area contributed by atoms with Gasteiger partial charge in [0, 0.05) is 11.9 Å². The van der Waals surface area contributed by atoms with Gasteiger partial charge in [-0.2, -0.15) is 0 Å². The number of benzene rings is 2. The number of aromatic nitrogens is 1. The summed E-state index contributed by atoms with van der Waals surface area (Å²) in [6, 6.07) is 20.4. The molecule has 2 saturated heterocycles. The molecule has 0 spiro atoms. The molecule has 0 saturated carbocycles. The number of rotatable bonds is 6. The van der Waals surface area contributed by atoms with Crippen LogP contribution in [0.15, 0.2) is 60.7 Å². The van der Waals surface area contributed by atoms with Crippen LogP contribution in [0.3, 0.4) is 0 Å². The van der Waals surface area contributed by atoms with E-state index >= 15 is 0 Å². The van der Waals surface area contributed by atoms with Gasteiger partial charge in [0.05, 0.1) is 22.7 Å². The van der Waals surface area contributed by atoms with Gasteiger partial charge in [-0.3, -0.25) is 0 Å². The Bertz CT molecular complexity index is 1120. The number of fused-ring (bicyclic) bond motifs is 1. The van der Waals surface area contributed by atoms with Gasteiger partial charge >= 0.3 is 29.6 Å². The van der Waals surface area contributed by atoms with Crippen molar-refractivity contribution in [3.05, 3.63) is 71.5 Å². The number of para-hydroxylation sites is 1. The van der Waals surface area contributed by atoms with Crippen LogP contribution >= 0.6 is 11.8 Å². The molecule has 2 aromatic carbocycles. The van der Waals surface area contributed by atoms with E-state index in [1.165, 1.54) is 0 Å². The van der Waals surface area contributed by atoms with Crippen LogP contribution in [-0.4, -0.2) is 40.6 Å². The number of pyridine rings is 1. The second kappa shape index (κ2) is 10.3. The molecule has 2 fully saturated rings. The molecule has 6 nitrogen and oxygen atoms in total. The molecule has 1 unspecified atom stereocenters. The van der Waals surface area contributed by atoms with E-state index in [2.05, 4.69) is 28.4 Å². The first-order valence-electron chi connectivity index (χ1n) is 10.5. The van der Waals surface area contributed by atoms with Crippen molar-refractivity contribution in [2.24, 2.45) is 0 Å². The molecule has 0 radical (unpaired) electrons. The molecular formula is C24H22N3NaO3S. The predicted octanol–water partition coefficient (Wildman–Crippen LogP) is 1.96. The fraction of sp³-hybridized carbons (Fsp3) is 0.292. The Balaban J connectivity index is 0.00000245. The van der Waals surface area contributed by atoms with Crippen molar-refractivity contribution >= 4 is 39.6 Å². The molecule has 0 aliphatic carbocycles. The predicted molar refractivity (Wildman–Crippen MR) is 123 cm³/mol. The molecule has 0 bridgehead atoms. The van der Waals surface area contributed by atoms with E-state index in [1.807, 2.05) is 42.5 Å². The van der Waals surface area contributed by atoms with E-state index in [0.717, 1.165) is 59.2 Å². The summed E-state index contributed by atoms with van der Waals surface area (Å²) < 4.78 is 6.08. The molecule has 2 amide bonds. The fourth-order valence-corrected chi connectivity index (χ4v) is 4.96. The third-order valence-electron chi connectivity index (χ3n) is 5.76. The number of nitrogens with zero attached hydrogens (tertiary/aromatic N) is 3. The molecule has 32 heavy (non-hydrogen) atoms. The van der Waals surface area contributed by atoms with Crippen molar-refractivity contribution in [3.63, 3.8) is 0 Å². The molecule has 2 aliphatic rings. The third-order valence-corrected chi connectivity index (χ3v) is 6.71. The van der Waals surface area contributed by atoms with Crippen LogP contribution in [0.5, 0.6) is 5.75 Å². The number of carbonyl (C=O) groups is 2. The summed E-state index contributed by atoms with van der Waals surface area (Å²) in [5, 5.41) is 3.81. The zero-order chi connectivity index (χ0) is 21.2. The number of anilines is 1. The molecule has 5 rings (SSSR count). The van der Waals surface area contributed by atoms with Crippen LogP contribution in [0.4, 0.5) is 10.6 Å².